The second-order valence-corrected chi connectivity index (χ2v) is 8.64. The summed E-state index contributed by atoms with van der Waals surface area (Å²) >= 11 is 0. The summed E-state index contributed by atoms with van der Waals surface area (Å²) < 4.78 is 5.58. The molecule has 0 saturated carbocycles. The molecule has 0 radical (unpaired) electrons. The summed E-state index contributed by atoms with van der Waals surface area (Å²) in [6.45, 7) is 12.6. The first kappa shape index (κ1) is 27.4. The van der Waals surface area contributed by atoms with Gasteiger partial charge in [-0.2, -0.15) is 0 Å². The Morgan fingerprint density at radius 2 is 1.88 bits per heavy atom. The van der Waals surface area contributed by atoms with Crippen molar-refractivity contribution in [3.05, 3.63) is 47.0 Å². The topological polar surface area (TPSA) is 71.0 Å². The van der Waals surface area contributed by atoms with Gasteiger partial charge in [0.1, 0.15) is 6.04 Å². The number of esters is 1. The SMILES string of the molecule is CC.CC/C=C(\C=NC)CCCOC(=O)C1Cc2ccccc2CN1C(=O)NC(C)(C)C. The van der Waals surface area contributed by atoms with Crippen molar-refractivity contribution < 1.29 is 14.3 Å². The average molecular weight is 444 g/mol. The molecule has 178 valence electrons. The van der Waals surface area contributed by atoms with E-state index >= 15 is 0 Å². The maximum Gasteiger partial charge on any atom is 0.329 e. The molecule has 6 heteroatoms. The first-order chi connectivity index (χ1) is 15.2. The first-order valence-corrected chi connectivity index (χ1v) is 11.7. The van der Waals surface area contributed by atoms with Crippen molar-refractivity contribution in [2.75, 3.05) is 13.7 Å². The Kier molecular flexibility index (Phi) is 11.7. The number of benzene rings is 1. The molecule has 1 aromatic carbocycles. The van der Waals surface area contributed by atoms with Crippen LogP contribution in [0.4, 0.5) is 4.79 Å². The molecule has 0 fully saturated rings. The van der Waals surface area contributed by atoms with Gasteiger partial charge in [-0.25, -0.2) is 9.59 Å². The smallest absolute Gasteiger partial charge is 0.329 e. The zero-order valence-electron chi connectivity index (χ0n) is 20.9. The van der Waals surface area contributed by atoms with Crippen LogP contribution >= 0.6 is 0 Å². The second-order valence-electron chi connectivity index (χ2n) is 8.64. The Morgan fingerprint density at radius 3 is 2.47 bits per heavy atom. The van der Waals surface area contributed by atoms with Gasteiger partial charge < -0.3 is 15.0 Å². The van der Waals surface area contributed by atoms with Crippen LogP contribution in [-0.4, -0.2) is 48.4 Å². The lowest BCUT2D eigenvalue weighted by atomic mass is 9.94. The Bertz CT molecular complexity index is 794. The van der Waals surface area contributed by atoms with E-state index in [0.717, 1.165) is 36.0 Å². The van der Waals surface area contributed by atoms with E-state index in [1.807, 2.05) is 65.1 Å². The number of nitrogens with one attached hydrogen (secondary N) is 1. The number of carbonyl (C=O) groups excluding carboxylic acids is 2. The van der Waals surface area contributed by atoms with Crippen molar-refractivity contribution in [2.24, 2.45) is 4.99 Å². The number of aliphatic imine (C=N–C) groups is 1. The van der Waals surface area contributed by atoms with Gasteiger partial charge in [0.05, 0.1) is 6.61 Å². The van der Waals surface area contributed by atoms with Crippen molar-refractivity contribution in [1.29, 1.82) is 0 Å². The summed E-state index contributed by atoms with van der Waals surface area (Å²) in [6, 6.07) is 7.07. The van der Waals surface area contributed by atoms with Gasteiger partial charge in [0.15, 0.2) is 0 Å². The number of allylic oxidation sites excluding steroid dienone is 2. The van der Waals surface area contributed by atoms with Crippen LogP contribution in [0.25, 0.3) is 0 Å². The molecule has 32 heavy (non-hydrogen) atoms. The molecule has 2 rings (SSSR count). The van der Waals surface area contributed by atoms with Crippen LogP contribution in [0.5, 0.6) is 0 Å². The van der Waals surface area contributed by atoms with Crippen LogP contribution < -0.4 is 5.32 Å². The van der Waals surface area contributed by atoms with Gasteiger partial charge in [-0.05, 0) is 56.7 Å². The highest BCUT2D eigenvalue weighted by Crippen LogP contribution is 2.25. The molecule has 0 aromatic heterocycles. The van der Waals surface area contributed by atoms with E-state index in [-0.39, 0.29) is 17.5 Å². The maximum absolute atomic E-state index is 12.9. The second kappa shape index (κ2) is 13.7. The lowest BCUT2D eigenvalue weighted by Gasteiger charge is -2.37. The molecule has 1 aliphatic heterocycles. The van der Waals surface area contributed by atoms with Crippen LogP contribution in [0.3, 0.4) is 0 Å². The van der Waals surface area contributed by atoms with Gasteiger partial charge in [-0.15, -0.1) is 0 Å². The third-order valence-corrected chi connectivity index (χ3v) is 4.88. The molecule has 0 saturated heterocycles. The van der Waals surface area contributed by atoms with E-state index in [2.05, 4.69) is 23.3 Å². The van der Waals surface area contributed by atoms with E-state index in [0.29, 0.717) is 19.6 Å². The van der Waals surface area contributed by atoms with E-state index in [1.54, 1.807) is 11.9 Å². The third-order valence-electron chi connectivity index (χ3n) is 4.88. The van der Waals surface area contributed by atoms with E-state index in [4.69, 9.17) is 4.74 Å². The van der Waals surface area contributed by atoms with Crippen molar-refractivity contribution in [1.82, 2.24) is 10.2 Å². The number of nitrogens with zero attached hydrogens (tertiary/aromatic N) is 2. The summed E-state index contributed by atoms with van der Waals surface area (Å²) in [6.07, 6.45) is 6.92. The molecular weight excluding hydrogens is 402 g/mol. The zero-order valence-corrected chi connectivity index (χ0v) is 20.9. The number of carbonyl (C=O) groups is 2. The predicted octanol–water partition coefficient (Wildman–Crippen LogP) is 5.31. The number of hydrogen-bond donors (Lipinski definition) is 1. The molecule has 1 aromatic rings. The van der Waals surface area contributed by atoms with E-state index < -0.39 is 6.04 Å². The highest BCUT2D eigenvalue weighted by molar-refractivity contribution is 5.85. The summed E-state index contributed by atoms with van der Waals surface area (Å²) in [5.74, 6) is -0.348. The quantitative estimate of drug-likeness (QED) is 0.353. The van der Waals surface area contributed by atoms with Crippen LogP contribution in [0.1, 0.15) is 71.9 Å². The number of hydrogen-bond acceptors (Lipinski definition) is 4. The number of ether oxygens (including phenoxy) is 1. The minimum absolute atomic E-state index is 0.244. The molecular formula is C26H41N3O3. The zero-order chi connectivity index (χ0) is 24.1. The number of urea groups is 1. The minimum Gasteiger partial charge on any atom is -0.464 e. The normalized spacial score (nSPS) is 16.2. The first-order valence-electron chi connectivity index (χ1n) is 11.7. The third kappa shape index (κ3) is 8.85. The van der Waals surface area contributed by atoms with Gasteiger partial charge in [0.25, 0.3) is 0 Å². The standard InChI is InChI=1S/C24H35N3O3.C2H6/c1-6-10-18(16-25-5)11-9-14-30-22(28)21-15-19-12-7-8-13-20(19)17-27(21)23(29)26-24(2,3)4;1-2/h7-8,10,12-13,16,21H,6,9,11,14-15,17H2,1-5H3,(H,26,29);1-2H3/b18-10-,25-16?;. The lowest BCUT2D eigenvalue weighted by molar-refractivity contribution is -0.149. The Morgan fingerprint density at radius 1 is 1.22 bits per heavy atom. The molecule has 0 aliphatic carbocycles. The van der Waals surface area contributed by atoms with E-state index in [9.17, 15) is 9.59 Å². The molecule has 1 atom stereocenters. The molecule has 6 nitrogen and oxygen atoms in total. The molecule has 1 N–H and O–H groups in total. The highest BCUT2D eigenvalue weighted by Gasteiger charge is 2.36. The fraction of sp³-hybridized carbons (Fsp3) is 0.577. The number of fused-ring (bicyclic) bond motifs is 1. The van der Waals surface area contributed by atoms with Crippen molar-refractivity contribution >= 4 is 18.2 Å². The molecule has 1 aliphatic rings. The van der Waals surface area contributed by atoms with Crippen LogP contribution in [0, 0.1) is 0 Å². The summed E-state index contributed by atoms with van der Waals surface area (Å²) in [5, 5.41) is 2.97. The molecule has 2 amide bonds. The van der Waals surface area contributed by atoms with Crippen LogP contribution in [0.2, 0.25) is 0 Å². The predicted molar refractivity (Wildman–Crippen MR) is 132 cm³/mol. The average Bonchev–Trinajstić information content (AvgIpc) is 2.76. The number of rotatable bonds is 7. The largest absolute Gasteiger partial charge is 0.464 e. The number of amides is 2. The fourth-order valence-electron chi connectivity index (χ4n) is 3.53. The maximum atomic E-state index is 12.9. The molecule has 0 bridgehead atoms. The van der Waals surface area contributed by atoms with Gasteiger partial charge in [-0.3, -0.25) is 4.99 Å². The molecule has 0 spiro atoms. The van der Waals surface area contributed by atoms with Crippen LogP contribution in [0.15, 0.2) is 40.9 Å². The molecule has 1 heterocycles. The summed E-state index contributed by atoms with van der Waals surface area (Å²) in [5.41, 5.74) is 2.92. The monoisotopic (exact) mass is 443 g/mol. The fourth-order valence-corrected chi connectivity index (χ4v) is 3.53. The van der Waals surface area contributed by atoms with Gasteiger partial charge in [0, 0.05) is 31.8 Å². The summed E-state index contributed by atoms with van der Waals surface area (Å²) in [7, 11) is 1.75. The highest BCUT2D eigenvalue weighted by atomic mass is 16.5. The van der Waals surface area contributed by atoms with Gasteiger partial charge in [-0.1, -0.05) is 51.1 Å². The van der Waals surface area contributed by atoms with Crippen molar-refractivity contribution in [2.45, 2.75) is 85.4 Å². The van der Waals surface area contributed by atoms with Gasteiger partial charge in [0.2, 0.25) is 0 Å². The van der Waals surface area contributed by atoms with Crippen LogP contribution in [-0.2, 0) is 22.5 Å². The summed E-state index contributed by atoms with van der Waals surface area (Å²) in [4.78, 5) is 31.5. The Labute approximate surface area is 194 Å². The van der Waals surface area contributed by atoms with Crippen molar-refractivity contribution in [3.63, 3.8) is 0 Å². The molecule has 1 unspecified atom stereocenters. The van der Waals surface area contributed by atoms with Crippen molar-refractivity contribution in [3.8, 4) is 0 Å². The lowest BCUT2D eigenvalue weighted by Crippen LogP contribution is -2.56. The minimum atomic E-state index is -0.620. The van der Waals surface area contributed by atoms with E-state index in [1.165, 1.54) is 0 Å². The van der Waals surface area contributed by atoms with Gasteiger partial charge >= 0.3 is 12.0 Å². The Hall–Kier alpha value is -2.63. The Balaban J connectivity index is 0.00000249.